The van der Waals surface area contributed by atoms with Crippen LogP contribution < -0.4 is 0 Å². The van der Waals surface area contributed by atoms with Gasteiger partial charge in [0.25, 0.3) is 0 Å². The molecule has 5 nitrogen and oxygen atoms in total. The van der Waals surface area contributed by atoms with E-state index in [1.165, 1.54) is 19.6 Å². The van der Waals surface area contributed by atoms with Crippen LogP contribution in [-0.4, -0.2) is 24.9 Å². The zero-order valence-corrected chi connectivity index (χ0v) is 12.7. The van der Waals surface area contributed by atoms with Crippen LogP contribution in [0.1, 0.15) is 11.1 Å². The van der Waals surface area contributed by atoms with Crippen molar-refractivity contribution < 1.29 is 22.3 Å². The van der Waals surface area contributed by atoms with Gasteiger partial charge in [0.2, 0.25) is 10.0 Å². The minimum absolute atomic E-state index is 0.0203. The Morgan fingerprint density at radius 1 is 1.43 bits per heavy atom. The summed E-state index contributed by atoms with van der Waals surface area (Å²) in [6, 6.07) is 3.63. The van der Waals surface area contributed by atoms with Gasteiger partial charge in [0.1, 0.15) is 5.82 Å². The second-order valence-electron chi connectivity index (χ2n) is 4.43. The average molecular weight is 334 g/mol. The molecule has 0 amide bonds. The van der Waals surface area contributed by atoms with E-state index in [1.54, 1.807) is 6.07 Å². The van der Waals surface area contributed by atoms with Crippen molar-refractivity contribution in [2.24, 2.45) is 0 Å². The third-order valence-corrected chi connectivity index (χ3v) is 5.15. The van der Waals surface area contributed by atoms with Crippen molar-refractivity contribution in [3.05, 3.63) is 52.7 Å². The second kappa shape index (κ2) is 6.15. The number of hydrogen-bond donors (Lipinski definition) is 1. The molecule has 1 aromatic heterocycles. The Morgan fingerprint density at radius 3 is 2.71 bits per heavy atom. The van der Waals surface area contributed by atoms with Crippen molar-refractivity contribution in [3.63, 3.8) is 0 Å². The molecule has 1 heterocycles. The summed E-state index contributed by atoms with van der Waals surface area (Å²) in [5, 5.41) is 8.82. The highest BCUT2D eigenvalue weighted by molar-refractivity contribution is 7.89. The molecule has 2 rings (SSSR count). The minimum Gasteiger partial charge on any atom is -0.472 e. The molecule has 0 bridgehead atoms. The Bertz CT molecular complexity index is 731. The summed E-state index contributed by atoms with van der Waals surface area (Å²) >= 11 is 5.65. The number of aliphatic hydroxyl groups excluding tert-OH is 1. The molecule has 0 aliphatic heterocycles. The number of nitrogens with zero attached hydrogens (tertiary/aromatic N) is 1. The van der Waals surface area contributed by atoms with E-state index < -0.39 is 22.4 Å². The van der Waals surface area contributed by atoms with Crippen molar-refractivity contribution in [2.45, 2.75) is 18.0 Å². The summed E-state index contributed by atoms with van der Waals surface area (Å²) in [7, 11) is -2.54. The highest BCUT2D eigenvalue weighted by Crippen LogP contribution is 2.26. The lowest BCUT2D eigenvalue weighted by molar-refractivity contribution is 0.281. The van der Waals surface area contributed by atoms with E-state index in [2.05, 4.69) is 0 Å². The number of furan rings is 1. The molecular weight excluding hydrogens is 321 g/mol. The van der Waals surface area contributed by atoms with Crippen molar-refractivity contribution >= 4 is 21.6 Å². The van der Waals surface area contributed by atoms with E-state index in [9.17, 15) is 12.8 Å². The quantitative estimate of drug-likeness (QED) is 0.912. The SMILES string of the molecule is CN(Cc1ccoc1)S(=O)(=O)c1cc(F)c(Cl)c(CO)c1. The predicted octanol–water partition coefficient (Wildman–Crippen LogP) is 2.39. The number of aliphatic hydroxyl groups is 1. The molecule has 8 heteroatoms. The predicted molar refractivity (Wildman–Crippen MR) is 74.7 cm³/mol. The third-order valence-electron chi connectivity index (χ3n) is 2.94. The van der Waals surface area contributed by atoms with Gasteiger partial charge in [-0.2, -0.15) is 4.31 Å². The van der Waals surface area contributed by atoms with Crippen molar-refractivity contribution in [1.29, 1.82) is 0 Å². The third kappa shape index (κ3) is 3.26. The van der Waals surface area contributed by atoms with E-state index >= 15 is 0 Å². The first-order valence-electron chi connectivity index (χ1n) is 5.92. The maximum Gasteiger partial charge on any atom is 0.243 e. The summed E-state index contributed by atoms with van der Waals surface area (Å²) in [5.41, 5.74) is 0.685. The van der Waals surface area contributed by atoms with Gasteiger partial charge in [-0.25, -0.2) is 12.8 Å². The Labute approximate surface area is 126 Å². The summed E-state index contributed by atoms with van der Waals surface area (Å²) in [5.74, 6) is -0.890. The molecule has 0 saturated heterocycles. The molecular formula is C13H13ClFNO4S. The Hall–Kier alpha value is -1.41. The summed E-state index contributed by atoms with van der Waals surface area (Å²) < 4.78 is 44.4. The Kier molecular flexibility index (Phi) is 4.67. The van der Waals surface area contributed by atoms with Gasteiger partial charge in [-0.05, 0) is 18.2 Å². The van der Waals surface area contributed by atoms with Gasteiger partial charge in [-0.1, -0.05) is 11.6 Å². The molecule has 0 radical (unpaired) electrons. The molecule has 1 aromatic carbocycles. The highest BCUT2D eigenvalue weighted by Gasteiger charge is 2.24. The molecule has 0 aliphatic rings. The number of halogens is 2. The lowest BCUT2D eigenvalue weighted by atomic mass is 10.2. The number of benzene rings is 1. The molecule has 2 aromatic rings. The molecule has 0 fully saturated rings. The highest BCUT2D eigenvalue weighted by atomic mass is 35.5. The Balaban J connectivity index is 2.37. The standard InChI is InChI=1S/C13H13ClFNO4S/c1-16(6-9-2-3-20-8-9)21(18,19)11-4-10(7-17)13(14)12(15)5-11/h2-5,8,17H,6-7H2,1H3. The van der Waals surface area contributed by atoms with Gasteiger partial charge >= 0.3 is 0 Å². The zero-order valence-electron chi connectivity index (χ0n) is 11.1. The van der Waals surface area contributed by atoms with Crippen LogP contribution in [0.4, 0.5) is 4.39 Å². The lowest BCUT2D eigenvalue weighted by Crippen LogP contribution is -2.26. The van der Waals surface area contributed by atoms with Crippen molar-refractivity contribution in [2.75, 3.05) is 7.05 Å². The summed E-state index contributed by atoms with van der Waals surface area (Å²) in [6.45, 7) is -0.470. The molecule has 0 aliphatic carbocycles. The van der Waals surface area contributed by atoms with E-state index in [0.717, 1.165) is 16.4 Å². The maximum atomic E-state index is 13.7. The first-order valence-corrected chi connectivity index (χ1v) is 7.74. The monoisotopic (exact) mass is 333 g/mol. The van der Waals surface area contributed by atoms with E-state index in [-0.39, 0.29) is 22.0 Å². The van der Waals surface area contributed by atoms with Gasteiger partial charge in [0, 0.05) is 24.7 Å². The van der Waals surface area contributed by atoms with Crippen molar-refractivity contribution in [1.82, 2.24) is 4.31 Å². The second-order valence-corrected chi connectivity index (χ2v) is 6.85. The lowest BCUT2D eigenvalue weighted by Gasteiger charge is -2.17. The van der Waals surface area contributed by atoms with E-state index in [4.69, 9.17) is 21.1 Å². The largest absolute Gasteiger partial charge is 0.472 e. The topological polar surface area (TPSA) is 70.8 Å². The van der Waals surface area contributed by atoms with Crippen LogP contribution in [0, 0.1) is 5.82 Å². The smallest absolute Gasteiger partial charge is 0.243 e. The van der Waals surface area contributed by atoms with Crippen LogP contribution in [0.2, 0.25) is 5.02 Å². The molecule has 0 unspecified atom stereocenters. The van der Waals surface area contributed by atoms with Crippen LogP contribution in [0.5, 0.6) is 0 Å². The molecule has 114 valence electrons. The summed E-state index contributed by atoms with van der Waals surface area (Å²) in [6.07, 6.45) is 2.86. The number of sulfonamides is 1. The number of hydrogen-bond acceptors (Lipinski definition) is 4. The fourth-order valence-electron chi connectivity index (χ4n) is 1.79. The molecule has 1 N–H and O–H groups in total. The number of rotatable bonds is 5. The van der Waals surface area contributed by atoms with Gasteiger partial charge < -0.3 is 9.52 Å². The van der Waals surface area contributed by atoms with Gasteiger partial charge in [-0.3, -0.25) is 0 Å². The van der Waals surface area contributed by atoms with Crippen LogP contribution >= 0.6 is 11.6 Å². The Morgan fingerprint density at radius 2 is 2.14 bits per heavy atom. The van der Waals surface area contributed by atoms with Gasteiger partial charge in [0.05, 0.1) is 29.1 Å². The molecule has 0 saturated carbocycles. The molecule has 0 atom stereocenters. The zero-order chi connectivity index (χ0) is 15.6. The maximum absolute atomic E-state index is 13.7. The summed E-state index contributed by atoms with van der Waals surface area (Å²) in [4.78, 5) is -0.264. The average Bonchev–Trinajstić information content (AvgIpc) is 2.94. The molecule has 21 heavy (non-hydrogen) atoms. The van der Waals surface area contributed by atoms with Crippen LogP contribution in [-0.2, 0) is 23.2 Å². The first kappa shape index (κ1) is 16.0. The van der Waals surface area contributed by atoms with Crippen molar-refractivity contribution in [3.8, 4) is 0 Å². The van der Waals surface area contributed by atoms with E-state index in [0.29, 0.717) is 5.56 Å². The first-order chi connectivity index (χ1) is 9.86. The van der Waals surface area contributed by atoms with E-state index in [1.807, 2.05) is 0 Å². The fraction of sp³-hybridized carbons (Fsp3) is 0.231. The van der Waals surface area contributed by atoms with Gasteiger partial charge in [0.15, 0.2) is 0 Å². The van der Waals surface area contributed by atoms with Crippen LogP contribution in [0.25, 0.3) is 0 Å². The van der Waals surface area contributed by atoms with Gasteiger partial charge in [-0.15, -0.1) is 0 Å². The normalized spacial score (nSPS) is 12.0. The molecule has 0 spiro atoms. The van der Waals surface area contributed by atoms with Crippen LogP contribution in [0.3, 0.4) is 0 Å². The fourth-order valence-corrected chi connectivity index (χ4v) is 3.18. The minimum atomic E-state index is -3.91. The van der Waals surface area contributed by atoms with Crippen LogP contribution in [0.15, 0.2) is 40.0 Å².